The maximum absolute atomic E-state index is 2.44. The highest BCUT2D eigenvalue weighted by Gasteiger charge is 2.25. The van der Waals surface area contributed by atoms with Crippen LogP contribution in [0.15, 0.2) is 0 Å². The number of rotatable bonds is 3. The normalized spacial score (nSPS) is 34.1. The third-order valence-electron chi connectivity index (χ3n) is 3.28. The Balaban J connectivity index is 2.25. The van der Waals surface area contributed by atoms with E-state index in [0.29, 0.717) is 0 Å². The van der Waals surface area contributed by atoms with Crippen molar-refractivity contribution in [1.82, 2.24) is 0 Å². The summed E-state index contributed by atoms with van der Waals surface area (Å²) in [4.78, 5) is 0. The van der Waals surface area contributed by atoms with Gasteiger partial charge in [-0.1, -0.05) is 40.0 Å². The van der Waals surface area contributed by atoms with Gasteiger partial charge in [-0.15, -0.1) is 0 Å². The molecule has 0 heterocycles. The van der Waals surface area contributed by atoms with Gasteiger partial charge in [0.05, 0.1) is 0 Å². The molecule has 66 valence electrons. The quantitative estimate of drug-likeness (QED) is 0.579. The van der Waals surface area contributed by atoms with Crippen LogP contribution in [0, 0.1) is 17.8 Å². The van der Waals surface area contributed by atoms with Crippen LogP contribution in [0.1, 0.15) is 52.9 Å². The van der Waals surface area contributed by atoms with Gasteiger partial charge in [-0.3, -0.25) is 0 Å². The molecule has 0 spiro atoms. The first-order chi connectivity index (χ1) is 5.24. The summed E-state index contributed by atoms with van der Waals surface area (Å²) in [7, 11) is 0. The van der Waals surface area contributed by atoms with Crippen molar-refractivity contribution in [3.63, 3.8) is 0 Å². The highest BCUT2D eigenvalue weighted by Crippen LogP contribution is 2.36. The molecule has 11 heavy (non-hydrogen) atoms. The van der Waals surface area contributed by atoms with E-state index in [-0.39, 0.29) is 0 Å². The molecule has 3 unspecified atom stereocenters. The van der Waals surface area contributed by atoms with Gasteiger partial charge in [0.1, 0.15) is 0 Å². The lowest BCUT2D eigenvalue weighted by atomic mass is 9.88. The van der Waals surface area contributed by atoms with E-state index in [1.807, 2.05) is 0 Å². The van der Waals surface area contributed by atoms with Gasteiger partial charge in [0.25, 0.3) is 0 Å². The van der Waals surface area contributed by atoms with Gasteiger partial charge in [-0.05, 0) is 30.6 Å². The number of hydrogen-bond acceptors (Lipinski definition) is 0. The maximum Gasteiger partial charge on any atom is -0.0386 e. The first-order valence-electron chi connectivity index (χ1n) is 5.24. The lowest BCUT2D eigenvalue weighted by molar-refractivity contribution is 0.334. The molecule has 1 saturated carbocycles. The molecule has 1 rings (SSSR count). The van der Waals surface area contributed by atoms with Gasteiger partial charge in [0.2, 0.25) is 0 Å². The molecule has 0 aliphatic heterocycles. The molecule has 0 radical (unpaired) electrons. The Labute approximate surface area is 71.4 Å². The van der Waals surface area contributed by atoms with Crippen LogP contribution in [-0.4, -0.2) is 0 Å². The van der Waals surface area contributed by atoms with Crippen LogP contribution in [0.4, 0.5) is 0 Å². The second-order valence-corrected chi connectivity index (χ2v) is 4.44. The van der Waals surface area contributed by atoms with Crippen LogP contribution < -0.4 is 0 Å². The summed E-state index contributed by atoms with van der Waals surface area (Å²) in [6.45, 7) is 7.14. The molecule has 1 aliphatic rings. The molecule has 0 saturated heterocycles. The van der Waals surface area contributed by atoms with Gasteiger partial charge >= 0.3 is 0 Å². The fraction of sp³-hybridized carbons (Fsp3) is 1.00. The Morgan fingerprint density at radius 1 is 1.36 bits per heavy atom. The van der Waals surface area contributed by atoms with Crippen LogP contribution in [0.5, 0.6) is 0 Å². The average Bonchev–Trinajstić information content (AvgIpc) is 2.36. The predicted molar refractivity (Wildman–Crippen MR) is 50.6 cm³/mol. The third kappa shape index (κ3) is 2.50. The fourth-order valence-electron chi connectivity index (χ4n) is 2.46. The molecule has 1 fully saturated rings. The third-order valence-corrected chi connectivity index (χ3v) is 3.28. The van der Waals surface area contributed by atoms with Gasteiger partial charge < -0.3 is 0 Å². The van der Waals surface area contributed by atoms with Crippen molar-refractivity contribution < 1.29 is 0 Å². The molecular weight excluding hydrogens is 132 g/mol. The lowest BCUT2D eigenvalue weighted by Gasteiger charge is -2.17. The molecule has 0 heteroatoms. The fourth-order valence-corrected chi connectivity index (χ4v) is 2.46. The second kappa shape index (κ2) is 4.13. The monoisotopic (exact) mass is 154 g/mol. The number of hydrogen-bond donors (Lipinski definition) is 0. The summed E-state index contributed by atoms with van der Waals surface area (Å²) < 4.78 is 0. The largest absolute Gasteiger partial charge is 0.0654 e. The maximum atomic E-state index is 2.44. The standard InChI is InChI=1S/C11H22/c1-4-5-10(3)11-7-6-9(2)8-11/h9-11H,4-8H2,1-3H3. The van der Waals surface area contributed by atoms with Gasteiger partial charge in [0, 0.05) is 0 Å². The summed E-state index contributed by atoms with van der Waals surface area (Å²) in [5, 5.41) is 0. The van der Waals surface area contributed by atoms with Gasteiger partial charge in [0.15, 0.2) is 0 Å². The van der Waals surface area contributed by atoms with Gasteiger partial charge in [-0.2, -0.15) is 0 Å². The molecule has 0 nitrogen and oxygen atoms in total. The van der Waals surface area contributed by atoms with E-state index in [1.165, 1.54) is 32.1 Å². The molecule has 0 bridgehead atoms. The zero-order chi connectivity index (χ0) is 8.27. The van der Waals surface area contributed by atoms with Crippen LogP contribution >= 0.6 is 0 Å². The van der Waals surface area contributed by atoms with E-state index in [1.54, 1.807) is 0 Å². The van der Waals surface area contributed by atoms with E-state index in [2.05, 4.69) is 20.8 Å². The van der Waals surface area contributed by atoms with Crippen molar-refractivity contribution in [2.24, 2.45) is 17.8 Å². The van der Waals surface area contributed by atoms with Crippen molar-refractivity contribution in [3.05, 3.63) is 0 Å². The Morgan fingerprint density at radius 2 is 2.09 bits per heavy atom. The Hall–Kier alpha value is 0. The summed E-state index contributed by atoms with van der Waals surface area (Å²) in [6, 6.07) is 0. The highest BCUT2D eigenvalue weighted by atomic mass is 14.3. The first-order valence-corrected chi connectivity index (χ1v) is 5.24. The Bertz CT molecular complexity index is 107. The zero-order valence-corrected chi connectivity index (χ0v) is 8.27. The summed E-state index contributed by atoms with van der Waals surface area (Å²) >= 11 is 0. The zero-order valence-electron chi connectivity index (χ0n) is 8.27. The van der Waals surface area contributed by atoms with Gasteiger partial charge in [-0.25, -0.2) is 0 Å². The molecule has 3 atom stereocenters. The van der Waals surface area contributed by atoms with E-state index >= 15 is 0 Å². The molecule has 0 aromatic heterocycles. The summed E-state index contributed by atoms with van der Waals surface area (Å²) in [6.07, 6.45) is 7.30. The average molecular weight is 154 g/mol. The SMILES string of the molecule is CCCC(C)C1CCC(C)C1. The first kappa shape index (κ1) is 9.09. The summed E-state index contributed by atoms with van der Waals surface area (Å²) in [5.41, 5.74) is 0. The highest BCUT2D eigenvalue weighted by molar-refractivity contribution is 4.76. The molecule has 0 N–H and O–H groups in total. The predicted octanol–water partition coefficient (Wildman–Crippen LogP) is 3.86. The topological polar surface area (TPSA) is 0 Å². The second-order valence-electron chi connectivity index (χ2n) is 4.44. The summed E-state index contributed by atoms with van der Waals surface area (Å²) in [5.74, 6) is 3.06. The minimum absolute atomic E-state index is 0.991. The van der Waals surface area contributed by atoms with Crippen molar-refractivity contribution in [2.45, 2.75) is 52.9 Å². The van der Waals surface area contributed by atoms with Crippen molar-refractivity contribution in [3.8, 4) is 0 Å². The van der Waals surface area contributed by atoms with Crippen molar-refractivity contribution in [1.29, 1.82) is 0 Å². The van der Waals surface area contributed by atoms with Crippen LogP contribution in [0.25, 0.3) is 0 Å². The Morgan fingerprint density at radius 3 is 2.55 bits per heavy atom. The Kier molecular flexibility index (Phi) is 3.42. The van der Waals surface area contributed by atoms with E-state index in [0.717, 1.165) is 17.8 Å². The molecule has 0 amide bonds. The van der Waals surface area contributed by atoms with E-state index in [4.69, 9.17) is 0 Å². The van der Waals surface area contributed by atoms with E-state index in [9.17, 15) is 0 Å². The smallest absolute Gasteiger partial charge is 0.0386 e. The minimum atomic E-state index is 0.991. The van der Waals surface area contributed by atoms with E-state index < -0.39 is 0 Å². The van der Waals surface area contributed by atoms with Crippen LogP contribution in [0.2, 0.25) is 0 Å². The van der Waals surface area contributed by atoms with Crippen molar-refractivity contribution >= 4 is 0 Å². The molecule has 0 aromatic rings. The molecule has 1 aliphatic carbocycles. The molecular formula is C11H22. The van der Waals surface area contributed by atoms with Crippen LogP contribution in [-0.2, 0) is 0 Å². The minimum Gasteiger partial charge on any atom is -0.0654 e. The molecule has 0 aromatic carbocycles. The van der Waals surface area contributed by atoms with Crippen molar-refractivity contribution in [2.75, 3.05) is 0 Å². The lowest BCUT2D eigenvalue weighted by Crippen LogP contribution is -2.07. The van der Waals surface area contributed by atoms with Crippen LogP contribution in [0.3, 0.4) is 0 Å².